The Kier molecular flexibility index (Phi) is 4.92. The van der Waals surface area contributed by atoms with Crippen molar-refractivity contribution in [1.82, 2.24) is 0 Å². The van der Waals surface area contributed by atoms with Crippen LogP contribution in [0, 0.1) is 0 Å². The molecule has 1 aromatic carbocycles. The Balaban J connectivity index is 3.16. The normalized spacial score (nSPS) is 12.4. The molecule has 0 spiro atoms. The Morgan fingerprint density at radius 2 is 2.31 bits per heavy atom. The van der Waals surface area contributed by atoms with Crippen molar-refractivity contribution in [3.63, 3.8) is 0 Å². The van der Waals surface area contributed by atoms with Gasteiger partial charge in [-0.2, -0.15) is 0 Å². The summed E-state index contributed by atoms with van der Waals surface area (Å²) in [7, 11) is 1.57. The van der Waals surface area contributed by atoms with Gasteiger partial charge in [0.15, 0.2) is 0 Å². The van der Waals surface area contributed by atoms with Crippen LogP contribution in [0.1, 0.15) is 17.0 Å². The predicted molar refractivity (Wildman–Crippen MR) is 64.3 cm³/mol. The zero-order chi connectivity index (χ0) is 12.1. The Morgan fingerprint density at radius 3 is 2.81 bits per heavy atom. The van der Waals surface area contributed by atoms with Crippen molar-refractivity contribution in [3.05, 3.63) is 33.8 Å². The maximum absolute atomic E-state index is 11.1. The topological polar surface area (TPSA) is 72.5 Å². The van der Waals surface area contributed by atoms with Crippen molar-refractivity contribution < 1.29 is 14.6 Å². The summed E-state index contributed by atoms with van der Waals surface area (Å²) in [4.78, 5) is 11.1. The summed E-state index contributed by atoms with van der Waals surface area (Å²) < 4.78 is 5.87. The molecule has 1 rings (SSSR count). The van der Waals surface area contributed by atoms with Gasteiger partial charge in [-0.05, 0) is 23.3 Å². The molecule has 0 aliphatic heterocycles. The van der Waals surface area contributed by atoms with E-state index in [9.17, 15) is 4.79 Å². The predicted octanol–water partition coefficient (Wildman–Crippen LogP) is 1.72. The number of aliphatic carboxylic acids is 1. The molecule has 0 bridgehead atoms. The molecule has 0 amide bonds. The fourth-order valence-corrected chi connectivity index (χ4v) is 1.92. The number of ether oxygens (including phenoxy) is 1. The lowest BCUT2D eigenvalue weighted by Gasteiger charge is -2.15. The van der Waals surface area contributed by atoms with Crippen molar-refractivity contribution in [1.29, 1.82) is 0 Å². The third kappa shape index (κ3) is 3.04. The van der Waals surface area contributed by atoms with E-state index < -0.39 is 11.9 Å². The highest BCUT2D eigenvalue weighted by Crippen LogP contribution is 2.24. The van der Waals surface area contributed by atoms with Crippen LogP contribution in [0.5, 0.6) is 0 Å². The molecule has 1 unspecified atom stereocenters. The molecule has 0 saturated heterocycles. The standard InChI is InChI=1S/C11H14BrNO3/c1-16-6-7-2-3-8(12)4-9(7)10(5-13)11(14)15/h2-4,10H,5-6,13H2,1H3,(H,14,15). The second kappa shape index (κ2) is 5.98. The van der Waals surface area contributed by atoms with Gasteiger partial charge in [-0.15, -0.1) is 0 Å². The quantitative estimate of drug-likeness (QED) is 0.865. The average molecular weight is 288 g/mol. The molecular formula is C11H14BrNO3. The van der Waals surface area contributed by atoms with Crippen LogP contribution in [-0.2, 0) is 16.1 Å². The molecular weight excluding hydrogens is 274 g/mol. The van der Waals surface area contributed by atoms with Crippen LogP contribution in [0.25, 0.3) is 0 Å². The first kappa shape index (κ1) is 13.2. The molecule has 0 fully saturated rings. The van der Waals surface area contributed by atoms with Crippen molar-refractivity contribution in [2.24, 2.45) is 5.73 Å². The van der Waals surface area contributed by atoms with Crippen molar-refractivity contribution in [2.75, 3.05) is 13.7 Å². The summed E-state index contributed by atoms with van der Waals surface area (Å²) in [5.41, 5.74) is 7.03. The van der Waals surface area contributed by atoms with E-state index in [1.807, 2.05) is 12.1 Å². The second-order valence-electron chi connectivity index (χ2n) is 3.40. The van der Waals surface area contributed by atoms with Gasteiger partial charge in [-0.1, -0.05) is 22.0 Å². The fraction of sp³-hybridized carbons (Fsp3) is 0.364. The van der Waals surface area contributed by atoms with Gasteiger partial charge in [0.05, 0.1) is 12.5 Å². The first-order valence-corrected chi connectivity index (χ1v) is 5.59. The van der Waals surface area contributed by atoms with E-state index in [4.69, 9.17) is 15.6 Å². The van der Waals surface area contributed by atoms with Crippen LogP contribution < -0.4 is 5.73 Å². The molecule has 0 heterocycles. The Morgan fingerprint density at radius 1 is 1.62 bits per heavy atom. The second-order valence-corrected chi connectivity index (χ2v) is 4.32. The maximum Gasteiger partial charge on any atom is 0.312 e. The van der Waals surface area contributed by atoms with Crippen LogP contribution in [0.4, 0.5) is 0 Å². The minimum atomic E-state index is -0.919. The molecule has 4 nitrogen and oxygen atoms in total. The molecule has 0 aliphatic carbocycles. The van der Waals surface area contributed by atoms with Crippen LogP contribution in [0.2, 0.25) is 0 Å². The van der Waals surface area contributed by atoms with E-state index in [-0.39, 0.29) is 6.54 Å². The van der Waals surface area contributed by atoms with Gasteiger partial charge in [0.2, 0.25) is 0 Å². The summed E-state index contributed by atoms with van der Waals surface area (Å²) in [6.45, 7) is 0.453. The van der Waals surface area contributed by atoms with Crippen LogP contribution in [-0.4, -0.2) is 24.7 Å². The number of rotatable bonds is 5. The highest BCUT2D eigenvalue weighted by Gasteiger charge is 2.21. The highest BCUT2D eigenvalue weighted by atomic mass is 79.9. The first-order valence-electron chi connectivity index (χ1n) is 4.80. The van der Waals surface area contributed by atoms with Crippen LogP contribution in [0.15, 0.2) is 22.7 Å². The monoisotopic (exact) mass is 287 g/mol. The Hall–Kier alpha value is -0.910. The fourth-order valence-electron chi connectivity index (χ4n) is 1.54. The Bertz CT molecular complexity index is 381. The molecule has 0 saturated carbocycles. The summed E-state index contributed by atoms with van der Waals surface area (Å²) in [6, 6.07) is 5.47. The molecule has 0 aromatic heterocycles. The zero-order valence-electron chi connectivity index (χ0n) is 8.94. The number of carboxylic acid groups (broad SMARTS) is 1. The lowest BCUT2D eigenvalue weighted by molar-refractivity contribution is -0.138. The van der Waals surface area contributed by atoms with E-state index in [2.05, 4.69) is 15.9 Å². The molecule has 3 N–H and O–H groups in total. The highest BCUT2D eigenvalue weighted by molar-refractivity contribution is 9.10. The minimum absolute atomic E-state index is 0.0719. The van der Waals surface area contributed by atoms with Gasteiger partial charge in [0.25, 0.3) is 0 Å². The number of methoxy groups -OCH3 is 1. The summed E-state index contributed by atoms with van der Waals surface area (Å²) >= 11 is 3.32. The molecule has 16 heavy (non-hydrogen) atoms. The molecule has 88 valence electrons. The molecule has 5 heteroatoms. The maximum atomic E-state index is 11.1. The first-order chi connectivity index (χ1) is 7.60. The molecule has 1 atom stereocenters. The van der Waals surface area contributed by atoms with Gasteiger partial charge in [-0.25, -0.2) is 0 Å². The number of carboxylic acids is 1. The molecule has 0 aliphatic rings. The molecule has 0 radical (unpaired) electrons. The summed E-state index contributed by atoms with van der Waals surface area (Å²) in [5, 5.41) is 9.07. The van der Waals surface area contributed by atoms with Crippen LogP contribution >= 0.6 is 15.9 Å². The summed E-state index contributed by atoms with van der Waals surface area (Å²) in [6.07, 6.45) is 0. The third-order valence-electron chi connectivity index (χ3n) is 2.32. The number of hydrogen-bond donors (Lipinski definition) is 2. The summed E-state index contributed by atoms with van der Waals surface area (Å²) in [5.74, 6) is -1.61. The molecule has 1 aromatic rings. The van der Waals surface area contributed by atoms with Gasteiger partial charge < -0.3 is 15.6 Å². The van der Waals surface area contributed by atoms with E-state index in [1.165, 1.54) is 0 Å². The number of nitrogens with two attached hydrogens (primary N) is 1. The van der Waals surface area contributed by atoms with Gasteiger partial charge >= 0.3 is 5.97 Å². The van der Waals surface area contributed by atoms with E-state index in [0.717, 1.165) is 10.0 Å². The average Bonchev–Trinajstić information content (AvgIpc) is 2.22. The minimum Gasteiger partial charge on any atom is -0.481 e. The smallest absolute Gasteiger partial charge is 0.312 e. The van der Waals surface area contributed by atoms with E-state index in [0.29, 0.717) is 12.2 Å². The zero-order valence-corrected chi connectivity index (χ0v) is 10.5. The number of benzene rings is 1. The van der Waals surface area contributed by atoms with E-state index in [1.54, 1.807) is 13.2 Å². The van der Waals surface area contributed by atoms with Gasteiger partial charge in [0, 0.05) is 18.1 Å². The lowest BCUT2D eigenvalue weighted by atomic mass is 9.94. The van der Waals surface area contributed by atoms with Gasteiger partial charge in [0.1, 0.15) is 0 Å². The van der Waals surface area contributed by atoms with E-state index >= 15 is 0 Å². The van der Waals surface area contributed by atoms with Crippen molar-refractivity contribution in [3.8, 4) is 0 Å². The number of halogens is 1. The van der Waals surface area contributed by atoms with Gasteiger partial charge in [-0.3, -0.25) is 4.79 Å². The largest absolute Gasteiger partial charge is 0.481 e. The Labute approximate surface area is 103 Å². The van der Waals surface area contributed by atoms with Crippen LogP contribution in [0.3, 0.4) is 0 Å². The SMILES string of the molecule is COCc1ccc(Br)cc1C(CN)C(=O)O. The number of carbonyl (C=O) groups is 1. The van der Waals surface area contributed by atoms with Crippen molar-refractivity contribution in [2.45, 2.75) is 12.5 Å². The third-order valence-corrected chi connectivity index (χ3v) is 2.81. The lowest BCUT2D eigenvalue weighted by Crippen LogP contribution is -2.22. The number of hydrogen-bond acceptors (Lipinski definition) is 3. The van der Waals surface area contributed by atoms with Crippen molar-refractivity contribution >= 4 is 21.9 Å².